The molecule has 2 heterocycles. The molecule has 2 aliphatic rings. The van der Waals surface area contributed by atoms with E-state index in [9.17, 15) is 29.4 Å². The van der Waals surface area contributed by atoms with Gasteiger partial charge in [0.15, 0.2) is 18.3 Å². The second-order valence-electron chi connectivity index (χ2n) is 9.43. The van der Waals surface area contributed by atoms with Gasteiger partial charge in [-0.3, -0.25) is 19.2 Å². The third-order valence-corrected chi connectivity index (χ3v) is 9.70. The molecule has 0 aliphatic carbocycles. The van der Waals surface area contributed by atoms with Crippen LogP contribution in [0.3, 0.4) is 0 Å². The van der Waals surface area contributed by atoms with E-state index in [4.69, 9.17) is 38.6 Å². The summed E-state index contributed by atoms with van der Waals surface area (Å²) in [4.78, 5) is 45.1. The molecule has 19 heteroatoms. The summed E-state index contributed by atoms with van der Waals surface area (Å²) in [6.45, 7) is 10.9. The average Bonchev–Trinajstić information content (AvgIpc) is 2.93. The van der Waals surface area contributed by atoms with E-state index in [0.29, 0.717) is 7.92 Å². The van der Waals surface area contributed by atoms with E-state index < -0.39 is 90.2 Å². The number of aliphatic hydroxyl groups excluding tert-OH is 4. The summed E-state index contributed by atoms with van der Waals surface area (Å²) in [5, 5.41) is 36.2. The van der Waals surface area contributed by atoms with Crippen LogP contribution in [0.15, 0.2) is 0 Å². The van der Waals surface area contributed by atoms with Crippen LogP contribution in [-0.4, -0.2) is 136 Å². The Hall–Kier alpha value is 0.251. The van der Waals surface area contributed by atoms with Crippen molar-refractivity contribution in [1.29, 1.82) is 0 Å². The van der Waals surface area contributed by atoms with Crippen LogP contribution in [-0.2, 0) is 92.4 Å². The molecule has 0 spiro atoms. The summed E-state index contributed by atoms with van der Waals surface area (Å²) in [5.74, 6) is -2.57. The molecule has 2 fully saturated rings. The minimum absolute atomic E-state index is 0. The number of hydrogen-bond donors (Lipinski definition) is 6. The van der Waals surface area contributed by atoms with Gasteiger partial charge in [0.25, 0.3) is 0 Å². The molecule has 0 saturated carbocycles. The molecular formula is C26H47Au2O14PS2. The van der Waals surface area contributed by atoms with E-state index >= 15 is 0 Å². The standard InChI is InChI=1S/C14H20O9S.C6H12O5S.C6H15P.2Au/c1-6(15)19-5-10-11(20-7(2)16)12(21-8(3)17)13(14(24)23-10)22-9(4)18;7-1-2-3(8)4(9)5(10)6(12)11-2;1-4-7(5-2)6-3;;/h10-14,24H,5H2,1-4H3;2-10,12H,1H2;4-6H2,1-3H3;;/t10-,11+,12-,13-,14+;2-,3-,4+,5-,6-;;;/m11.../s1. The Morgan fingerprint density at radius 2 is 1.07 bits per heavy atom. The zero-order chi connectivity index (χ0) is 33.4. The van der Waals surface area contributed by atoms with Crippen LogP contribution in [0, 0.1) is 0 Å². The molecule has 4 N–H and O–H groups in total. The molecule has 0 aromatic heterocycles. The Balaban J connectivity index is -0.000000699. The second kappa shape index (κ2) is 26.2. The topological polar surface area (TPSA) is 205 Å². The van der Waals surface area contributed by atoms with E-state index in [1.165, 1.54) is 25.4 Å². The molecule has 10 atom stereocenters. The van der Waals surface area contributed by atoms with Crippen molar-refractivity contribution in [1.82, 2.24) is 0 Å². The fraction of sp³-hybridized carbons (Fsp3) is 0.846. The summed E-state index contributed by atoms with van der Waals surface area (Å²) in [6.07, 6.45) is -4.80. The van der Waals surface area contributed by atoms with Gasteiger partial charge >= 0.3 is 23.9 Å². The Morgan fingerprint density at radius 1 is 0.644 bits per heavy atom. The summed E-state index contributed by atoms with van der Waals surface area (Å²) in [6, 6.07) is 0. The maximum Gasteiger partial charge on any atom is 0.303 e. The smallest absolute Gasteiger partial charge is 0.303 e. The van der Waals surface area contributed by atoms with Crippen molar-refractivity contribution in [3.05, 3.63) is 0 Å². The van der Waals surface area contributed by atoms with Crippen molar-refractivity contribution in [2.75, 3.05) is 31.7 Å². The van der Waals surface area contributed by atoms with Crippen molar-refractivity contribution >= 4 is 57.1 Å². The van der Waals surface area contributed by atoms with Gasteiger partial charge in [0.1, 0.15) is 48.0 Å². The second-order valence-corrected chi connectivity index (χ2v) is 13.7. The molecule has 0 unspecified atom stereocenters. The predicted octanol–water partition coefficient (Wildman–Crippen LogP) is 0.238. The molecule has 274 valence electrons. The third-order valence-electron chi connectivity index (χ3n) is 6.18. The number of aliphatic hydroxyl groups is 4. The van der Waals surface area contributed by atoms with Crippen LogP contribution in [0.4, 0.5) is 0 Å². The maximum absolute atomic E-state index is 11.4. The Morgan fingerprint density at radius 3 is 1.44 bits per heavy atom. The SMILES string of the molecule is CC(=O)OC[C@H]1O[C@@H](S)[C@H](OC(C)=O)[C@H](OC(C)=O)[C@H]1OC(C)=O.CCP(CC)CC.OC[C@H]1O[C@H](S)[C@H](O)[C@@H](O)[C@@H]1O.[Au].[Au]. The van der Waals surface area contributed by atoms with Gasteiger partial charge < -0.3 is 48.8 Å². The maximum atomic E-state index is 11.4. The zero-order valence-corrected chi connectivity index (χ0v) is 33.1. The van der Waals surface area contributed by atoms with Gasteiger partial charge in [-0.05, 0) is 18.5 Å². The van der Waals surface area contributed by atoms with Gasteiger partial charge in [0.05, 0.1) is 6.61 Å². The number of thiol groups is 2. The van der Waals surface area contributed by atoms with E-state index in [1.807, 2.05) is 0 Å². The number of esters is 4. The number of carbonyl (C=O) groups is 4. The minimum atomic E-state index is -1.32. The Kier molecular flexibility index (Phi) is 28.9. The van der Waals surface area contributed by atoms with Crippen molar-refractivity contribution < 1.29 is 113 Å². The Labute approximate surface area is 307 Å². The molecule has 2 saturated heterocycles. The molecule has 14 nitrogen and oxygen atoms in total. The first-order valence-electron chi connectivity index (χ1n) is 13.7. The van der Waals surface area contributed by atoms with Gasteiger partial charge in [-0.1, -0.05) is 20.8 Å². The first-order chi connectivity index (χ1) is 20.0. The molecule has 0 aromatic rings. The quantitative estimate of drug-likeness (QED) is 0.0603. The summed E-state index contributed by atoms with van der Waals surface area (Å²) < 4.78 is 30.7. The molecule has 0 amide bonds. The molecule has 2 rings (SSSR count). The predicted molar refractivity (Wildman–Crippen MR) is 162 cm³/mol. The summed E-state index contributed by atoms with van der Waals surface area (Å²) in [7, 11) is 0.446. The number of hydrogen-bond acceptors (Lipinski definition) is 16. The molecule has 2 radical (unpaired) electrons. The van der Waals surface area contributed by atoms with E-state index in [1.54, 1.807) is 0 Å². The summed E-state index contributed by atoms with van der Waals surface area (Å²) in [5.41, 5.74) is -1.86. The zero-order valence-electron chi connectivity index (χ0n) is 26.1. The largest absolute Gasteiger partial charge is 0.463 e. The van der Waals surface area contributed by atoms with Gasteiger partial charge in [0, 0.05) is 72.5 Å². The molecule has 0 aromatic carbocycles. The van der Waals surface area contributed by atoms with Crippen LogP contribution in [0.2, 0.25) is 0 Å². The molecular weight excluding hydrogens is 1030 g/mol. The van der Waals surface area contributed by atoms with Crippen molar-refractivity contribution in [3.8, 4) is 0 Å². The van der Waals surface area contributed by atoms with E-state index in [0.717, 1.165) is 20.8 Å². The monoisotopic (exact) mass is 1070 g/mol. The van der Waals surface area contributed by atoms with E-state index in [2.05, 4.69) is 46.0 Å². The third kappa shape index (κ3) is 18.6. The fourth-order valence-corrected chi connectivity index (χ4v) is 6.02. The van der Waals surface area contributed by atoms with Gasteiger partial charge in [-0.15, -0.1) is 33.2 Å². The first-order valence-corrected chi connectivity index (χ1v) is 16.7. The van der Waals surface area contributed by atoms with Crippen molar-refractivity contribution in [2.45, 2.75) is 108 Å². The van der Waals surface area contributed by atoms with Crippen LogP contribution in [0.1, 0.15) is 48.5 Å². The van der Waals surface area contributed by atoms with Gasteiger partial charge in [-0.2, -0.15) is 0 Å². The summed E-state index contributed by atoms with van der Waals surface area (Å²) >= 11 is 7.99. The number of rotatable bonds is 9. The first kappa shape index (κ1) is 49.6. The van der Waals surface area contributed by atoms with Crippen LogP contribution < -0.4 is 0 Å². The van der Waals surface area contributed by atoms with E-state index in [-0.39, 0.29) is 51.4 Å². The van der Waals surface area contributed by atoms with Crippen LogP contribution in [0.5, 0.6) is 0 Å². The molecule has 0 bridgehead atoms. The molecule has 45 heavy (non-hydrogen) atoms. The molecule has 2 aliphatic heterocycles. The fourth-order valence-electron chi connectivity index (χ4n) is 3.96. The van der Waals surface area contributed by atoms with Gasteiger partial charge in [-0.25, -0.2) is 0 Å². The normalized spacial score (nSPS) is 30.4. The van der Waals surface area contributed by atoms with Crippen molar-refractivity contribution in [3.63, 3.8) is 0 Å². The van der Waals surface area contributed by atoms with Crippen LogP contribution >= 0.6 is 33.2 Å². The average molecular weight is 1070 g/mol. The minimum Gasteiger partial charge on any atom is -0.463 e. The number of carbonyl (C=O) groups excluding carboxylic acids is 4. The number of ether oxygens (including phenoxy) is 6. The van der Waals surface area contributed by atoms with Gasteiger partial charge in [0.2, 0.25) is 0 Å². The Bertz CT molecular complexity index is 865. The van der Waals surface area contributed by atoms with Crippen molar-refractivity contribution in [2.24, 2.45) is 0 Å². The van der Waals surface area contributed by atoms with Crippen LogP contribution in [0.25, 0.3) is 0 Å².